The zero-order valence-corrected chi connectivity index (χ0v) is 13.1. The third-order valence-corrected chi connectivity index (χ3v) is 3.67. The van der Waals surface area contributed by atoms with Gasteiger partial charge in [0.25, 0.3) is 5.91 Å². The fourth-order valence-corrected chi connectivity index (χ4v) is 2.47. The number of methoxy groups -OCH3 is 1. The van der Waals surface area contributed by atoms with Crippen molar-refractivity contribution in [1.29, 1.82) is 0 Å². The first-order valence-electron chi connectivity index (χ1n) is 7.39. The Balaban J connectivity index is 1.81. The molecule has 23 heavy (non-hydrogen) atoms. The first-order valence-corrected chi connectivity index (χ1v) is 7.39. The van der Waals surface area contributed by atoms with Gasteiger partial charge < -0.3 is 19.1 Å². The number of carbonyl (C=O) groups excluding carboxylic acids is 1. The van der Waals surface area contributed by atoms with Crippen LogP contribution in [0.5, 0.6) is 17.4 Å². The normalized spacial score (nSPS) is 12.1. The minimum atomic E-state index is -0.116. The molecule has 0 radical (unpaired) electrons. The third-order valence-electron chi connectivity index (χ3n) is 3.67. The molecule has 2 heterocycles. The molecular weight excluding hydrogens is 296 g/mol. The summed E-state index contributed by atoms with van der Waals surface area (Å²) in [5, 5.41) is 0. The largest absolute Gasteiger partial charge is 0.480 e. The Kier molecular flexibility index (Phi) is 4.32. The monoisotopic (exact) mass is 314 g/mol. The Labute approximate surface area is 134 Å². The maximum Gasteiger partial charge on any atom is 0.259 e. The molecule has 0 fully saturated rings. The summed E-state index contributed by atoms with van der Waals surface area (Å²) in [6, 6.07) is 9.14. The zero-order chi connectivity index (χ0) is 16.2. The van der Waals surface area contributed by atoms with E-state index in [1.54, 1.807) is 23.2 Å². The lowest BCUT2D eigenvalue weighted by molar-refractivity contribution is 0.0748. The van der Waals surface area contributed by atoms with Gasteiger partial charge in [-0.3, -0.25) is 4.79 Å². The number of pyridine rings is 1. The molecule has 0 saturated heterocycles. The van der Waals surface area contributed by atoms with Crippen LogP contribution in [0, 0.1) is 0 Å². The van der Waals surface area contributed by atoms with Crippen molar-refractivity contribution < 1.29 is 19.0 Å². The number of aromatic nitrogens is 1. The first kappa shape index (κ1) is 15.1. The summed E-state index contributed by atoms with van der Waals surface area (Å²) in [6.45, 7) is 3.23. The summed E-state index contributed by atoms with van der Waals surface area (Å²) in [4.78, 5) is 18.6. The molecule has 1 aliphatic rings. The molecule has 0 unspecified atom stereocenters. The number of hydrogen-bond donors (Lipinski definition) is 0. The number of carbonyl (C=O) groups is 1. The number of hydrogen-bond acceptors (Lipinski definition) is 5. The van der Waals surface area contributed by atoms with Crippen molar-refractivity contribution >= 4 is 5.91 Å². The van der Waals surface area contributed by atoms with Crippen molar-refractivity contribution in [1.82, 2.24) is 9.88 Å². The van der Waals surface area contributed by atoms with Crippen LogP contribution in [0.2, 0.25) is 0 Å². The number of benzene rings is 1. The second kappa shape index (κ2) is 6.56. The molecule has 0 aliphatic carbocycles. The summed E-state index contributed by atoms with van der Waals surface area (Å²) in [5.74, 6) is 1.67. The Morgan fingerprint density at radius 3 is 2.91 bits per heavy atom. The van der Waals surface area contributed by atoms with Crippen LogP contribution in [0.4, 0.5) is 0 Å². The zero-order valence-electron chi connectivity index (χ0n) is 13.1. The Hall–Kier alpha value is -2.76. The lowest BCUT2D eigenvalue weighted by Crippen LogP contribution is -2.30. The van der Waals surface area contributed by atoms with Crippen molar-refractivity contribution in [3.05, 3.63) is 47.7 Å². The minimum Gasteiger partial charge on any atom is -0.480 e. The number of fused-ring (bicyclic) bond motifs is 1. The second-order valence-electron chi connectivity index (χ2n) is 5.07. The van der Waals surface area contributed by atoms with Crippen molar-refractivity contribution in [3.63, 3.8) is 0 Å². The van der Waals surface area contributed by atoms with Gasteiger partial charge in [-0.2, -0.15) is 0 Å². The van der Waals surface area contributed by atoms with Crippen LogP contribution >= 0.6 is 0 Å². The summed E-state index contributed by atoms with van der Waals surface area (Å²) >= 11 is 0. The molecule has 6 heteroatoms. The molecule has 0 saturated carbocycles. The topological polar surface area (TPSA) is 60.9 Å². The predicted molar refractivity (Wildman–Crippen MR) is 83.8 cm³/mol. The van der Waals surface area contributed by atoms with Gasteiger partial charge in [-0.15, -0.1) is 0 Å². The van der Waals surface area contributed by atoms with Crippen LogP contribution in [0.25, 0.3) is 0 Å². The Bertz CT molecular complexity index is 717. The molecule has 0 bridgehead atoms. The molecule has 1 amide bonds. The highest BCUT2D eigenvalue weighted by molar-refractivity contribution is 5.96. The van der Waals surface area contributed by atoms with E-state index in [9.17, 15) is 4.79 Å². The van der Waals surface area contributed by atoms with E-state index < -0.39 is 0 Å². The third kappa shape index (κ3) is 3.06. The predicted octanol–water partition coefficient (Wildman–Crippen LogP) is 2.48. The van der Waals surface area contributed by atoms with Gasteiger partial charge in [-0.05, 0) is 36.8 Å². The van der Waals surface area contributed by atoms with E-state index in [1.807, 2.05) is 25.1 Å². The molecule has 6 nitrogen and oxygen atoms in total. The molecule has 1 aliphatic heterocycles. The van der Waals surface area contributed by atoms with Gasteiger partial charge in [0, 0.05) is 19.3 Å². The molecule has 1 aromatic carbocycles. The van der Waals surface area contributed by atoms with E-state index in [0.29, 0.717) is 30.3 Å². The van der Waals surface area contributed by atoms with Crippen LogP contribution in [-0.4, -0.2) is 36.2 Å². The van der Waals surface area contributed by atoms with E-state index in [1.165, 1.54) is 7.11 Å². The second-order valence-corrected chi connectivity index (χ2v) is 5.07. The number of ether oxygens (including phenoxy) is 3. The average Bonchev–Trinajstić information content (AvgIpc) is 3.06. The number of amides is 1. The molecule has 1 aromatic heterocycles. The van der Waals surface area contributed by atoms with Gasteiger partial charge in [0.2, 0.25) is 12.7 Å². The molecule has 2 aromatic rings. The van der Waals surface area contributed by atoms with Gasteiger partial charge in [-0.1, -0.05) is 6.07 Å². The molecule has 0 atom stereocenters. The summed E-state index contributed by atoms with van der Waals surface area (Å²) in [6.07, 6.45) is 1.60. The fourth-order valence-electron chi connectivity index (χ4n) is 2.47. The lowest BCUT2D eigenvalue weighted by Gasteiger charge is -2.21. The fraction of sp³-hybridized carbons (Fsp3) is 0.294. The van der Waals surface area contributed by atoms with Gasteiger partial charge in [0.15, 0.2) is 11.5 Å². The van der Waals surface area contributed by atoms with Crippen molar-refractivity contribution in [2.45, 2.75) is 13.5 Å². The lowest BCUT2D eigenvalue weighted by atomic mass is 10.1. The van der Waals surface area contributed by atoms with Crippen molar-refractivity contribution in [3.8, 4) is 17.4 Å². The van der Waals surface area contributed by atoms with Crippen LogP contribution in [-0.2, 0) is 6.54 Å². The summed E-state index contributed by atoms with van der Waals surface area (Å²) in [5.41, 5.74) is 1.44. The van der Waals surface area contributed by atoms with Gasteiger partial charge in [-0.25, -0.2) is 4.98 Å². The molecule has 3 rings (SSSR count). The summed E-state index contributed by atoms with van der Waals surface area (Å²) < 4.78 is 15.9. The first-order chi connectivity index (χ1) is 11.2. The van der Waals surface area contributed by atoms with E-state index in [0.717, 1.165) is 11.3 Å². The minimum absolute atomic E-state index is 0.116. The maximum atomic E-state index is 12.7. The van der Waals surface area contributed by atoms with E-state index in [2.05, 4.69) is 4.98 Å². The molecule has 0 spiro atoms. The van der Waals surface area contributed by atoms with Crippen LogP contribution in [0.15, 0.2) is 36.5 Å². The number of nitrogens with zero attached hydrogens (tertiary/aromatic N) is 2. The SMILES string of the molecule is CCN(Cc1ccc2c(c1)OCO2)C(=O)c1cccnc1OC. The highest BCUT2D eigenvalue weighted by Crippen LogP contribution is 2.33. The van der Waals surface area contributed by atoms with Gasteiger partial charge in [0.1, 0.15) is 5.56 Å². The Morgan fingerprint density at radius 2 is 2.13 bits per heavy atom. The highest BCUT2D eigenvalue weighted by Gasteiger charge is 2.20. The summed E-state index contributed by atoms with van der Waals surface area (Å²) in [7, 11) is 1.51. The van der Waals surface area contributed by atoms with Crippen LogP contribution < -0.4 is 14.2 Å². The van der Waals surface area contributed by atoms with E-state index >= 15 is 0 Å². The maximum absolute atomic E-state index is 12.7. The van der Waals surface area contributed by atoms with Crippen LogP contribution in [0.1, 0.15) is 22.8 Å². The Morgan fingerprint density at radius 1 is 1.30 bits per heavy atom. The van der Waals surface area contributed by atoms with E-state index in [-0.39, 0.29) is 12.7 Å². The molecular formula is C17H18N2O4. The molecule has 0 N–H and O–H groups in total. The smallest absolute Gasteiger partial charge is 0.259 e. The van der Waals surface area contributed by atoms with Gasteiger partial charge in [0.05, 0.1) is 7.11 Å². The average molecular weight is 314 g/mol. The van der Waals surface area contributed by atoms with Crippen molar-refractivity contribution in [2.75, 3.05) is 20.4 Å². The highest BCUT2D eigenvalue weighted by atomic mass is 16.7. The van der Waals surface area contributed by atoms with E-state index in [4.69, 9.17) is 14.2 Å². The number of rotatable bonds is 5. The van der Waals surface area contributed by atoms with Crippen molar-refractivity contribution in [2.24, 2.45) is 0 Å². The van der Waals surface area contributed by atoms with Crippen LogP contribution in [0.3, 0.4) is 0 Å². The standard InChI is InChI=1S/C17H18N2O4/c1-3-19(17(20)13-5-4-8-18-16(13)21-2)10-12-6-7-14-15(9-12)23-11-22-14/h4-9H,3,10-11H2,1-2H3. The van der Waals surface area contributed by atoms with Gasteiger partial charge >= 0.3 is 0 Å². The molecule has 120 valence electrons. The quantitative estimate of drug-likeness (QED) is 0.848.